The predicted octanol–water partition coefficient (Wildman–Crippen LogP) is 0.120. The van der Waals surface area contributed by atoms with Gasteiger partial charge in [-0.3, -0.25) is 4.79 Å². The Bertz CT molecular complexity index is 147. The first-order valence-electron chi connectivity index (χ1n) is 4.16. The SMILES string of the molecule is CC(=O)NC1CNCC(C)C1. The Kier molecular flexibility index (Phi) is 2.88. The van der Waals surface area contributed by atoms with Crippen LogP contribution in [0.25, 0.3) is 0 Å². The van der Waals surface area contributed by atoms with Crippen molar-refractivity contribution in [3.05, 3.63) is 0 Å². The monoisotopic (exact) mass is 156 g/mol. The Morgan fingerprint density at radius 2 is 2.27 bits per heavy atom. The summed E-state index contributed by atoms with van der Waals surface area (Å²) in [6.07, 6.45) is 1.10. The molecule has 0 saturated carbocycles. The van der Waals surface area contributed by atoms with Crippen molar-refractivity contribution in [1.82, 2.24) is 10.6 Å². The van der Waals surface area contributed by atoms with Gasteiger partial charge < -0.3 is 10.6 Å². The van der Waals surface area contributed by atoms with Crippen LogP contribution < -0.4 is 10.6 Å². The van der Waals surface area contributed by atoms with Gasteiger partial charge in [-0.15, -0.1) is 0 Å². The lowest BCUT2D eigenvalue weighted by Gasteiger charge is -2.27. The maximum atomic E-state index is 10.7. The molecule has 3 heteroatoms. The zero-order valence-corrected chi connectivity index (χ0v) is 7.18. The molecular formula is C8H16N2O. The number of carbonyl (C=O) groups excluding carboxylic acids is 1. The van der Waals surface area contributed by atoms with E-state index in [9.17, 15) is 4.79 Å². The summed E-state index contributed by atoms with van der Waals surface area (Å²) in [5.41, 5.74) is 0. The van der Waals surface area contributed by atoms with Gasteiger partial charge in [0.25, 0.3) is 0 Å². The lowest BCUT2D eigenvalue weighted by molar-refractivity contribution is -0.119. The van der Waals surface area contributed by atoms with E-state index >= 15 is 0 Å². The van der Waals surface area contributed by atoms with E-state index in [4.69, 9.17) is 0 Å². The van der Waals surface area contributed by atoms with Gasteiger partial charge in [0.2, 0.25) is 5.91 Å². The second-order valence-electron chi connectivity index (χ2n) is 3.40. The Balaban J connectivity index is 2.28. The Labute approximate surface area is 67.5 Å². The third kappa shape index (κ3) is 2.89. The summed E-state index contributed by atoms with van der Waals surface area (Å²) >= 11 is 0. The maximum absolute atomic E-state index is 10.7. The summed E-state index contributed by atoms with van der Waals surface area (Å²) in [7, 11) is 0. The third-order valence-corrected chi connectivity index (χ3v) is 1.98. The van der Waals surface area contributed by atoms with Gasteiger partial charge in [0, 0.05) is 19.5 Å². The number of carbonyl (C=O) groups is 1. The molecule has 1 heterocycles. The van der Waals surface area contributed by atoms with Crippen LogP contribution >= 0.6 is 0 Å². The molecule has 1 fully saturated rings. The number of nitrogens with one attached hydrogen (secondary N) is 2. The summed E-state index contributed by atoms with van der Waals surface area (Å²) in [6.45, 7) is 5.76. The first kappa shape index (κ1) is 8.53. The molecule has 11 heavy (non-hydrogen) atoms. The molecule has 0 aromatic heterocycles. The van der Waals surface area contributed by atoms with Gasteiger partial charge in [-0.25, -0.2) is 0 Å². The molecular weight excluding hydrogens is 140 g/mol. The van der Waals surface area contributed by atoms with Gasteiger partial charge >= 0.3 is 0 Å². The topological polar surface area (TPSA) is 41.1 Å². The zero-order valence-electron chi connectivity index (χ0n) is 7.18. The van der Waals surface area contributed by atoms with Gasteiger partial charge in [0.05, 0.1) is 0 Å². The van der Waals surface area contributed by atoms with Crippen molar-refractivity contribution >= 4 is 5.91 Å². The quantitative estimate of drug-likeness (QED) is 0.566. The summed E-state index contributed by atoms with van der Waals surface area (Å²) < 4.78 is 0. The Hall–Kier alpha value is -0.570. The first-order chi connectivity index (χ1) is 5.18. The van der Waals surface area contributed by atoms with Gasteiger partial charge in [-0.05, 0) is 18.9 Å². The van der Waals surface area contributed by atoms with Crippen LogP contribution in [0.4, 0.5) is 0 Å². The van der Waals surface area contributed by atoms with Crippen LogP contribution in [0.1, 0.15) is 20.3 Å². The van der Waals surface area contributed by atoms with E-state index in [-0.39, 0.29) is 5.91 Å². The van der Waals surface area contributed by atoms with Gasteiger partial charge in [0.15, 0.2) is 0 Å². The van der Waals surface area contributed by atoms with Crippen molar-refractivity contribution in [3.8, 4) is 0 Å². The molecule has 0 bridgehead atoms. The smallest absolute Gasteiger partial charge is 0.217 e. The number of hydrogen-bond acceptors (Lipinski definition) is 2. The molecule has 0 aliphatic carbocycles. The highest BCUT2D eigenvalue weighted by molar-refractivity contribution is 5.73. The molecule has 0 radical (unpaired) electrons. The van der Waals surface area contributed by atoms with Crippen LogP contribution in [0.5, 0.6) is 0 Å². The fraction of sp³-hybridized carbons (Fsp3) is 0.875. The minimum absolute atomic E-state index is 0.0749. The second-order valence-corrected chi connectivity index (χ2v) is 3.40. The molecule has 0 aromatic carbocycles. The average Bonchev–Trinajstić information content (AvgIpc) is 1.85. The lowest BCUT2D eigenvalue weighted by atomic mass is 9.98. The Morgan fingerprint density at radius 1 is 1.55 bits per heavy atom. The van der Waals surface area contributed by atoms with Crippen LogP contribution in [0.15, 0.2) is 0 Å². The van der Waals surface area contributed by atoms with E-state index in [1.807, 2.05) is 0 Å². The van der Waals surface area contributed by atoms with Crippen molar-refractivity contribution in [2.24, 2.45) is 5.92 Å². The van der Waals surface area contributed by atoms with Gasteiger partial charge in [-0.1, -0.05) is 6.92 Å². The van der Waals surface area contributed by atoms with E-state index < -0.39 is 0 Å². The fourth-order valence-corrected chi connectivity index (χ4v) is 1.55. The van der Waals surface area contributed by atoms with Crippen LogP contribution in [0.2, 0.25) is 0 Å². The fourth-order valence-electron chi connectivity index (χ4n) is 1.55. The third-order valence-electron chi connectivity index (χ3n) is 1.98. The standard InChI is InChI=1S/C8H16N2O/c1-6-3-8(5-9-4-6)10-7(2)11/h6,8-9H,3-5H2,1-2H3,(H,10,11). The molecule has 1 aliphatic rings. The molecule has 2 atom stereocenters. The van der Waals surface area contributed by atoms with Crippen molar-refractivity contribution in [2.45, 2.75) is 26.3 Å². The highest BCUT2D eigenvalue weighted by Crippen LogP contribution is 2.08. The van der Waals surface area contributed by atoms with Crippen LogP contribution in [0, 0.1) is 5.92 Å². The maximum Gasteiger partial charge on any atom is 0.217 e. The van der Waals surface area contributed by atoms with Crippen LogP contribution in [0.3, 0.4) is 0 Å². The molecule has 0 aromatic rings. The van der Waals surface area contributed by atoms with Crippen molar-refractivity contribution in [3.63, 3.8) is 0 Å². The van der Waals surface area contributed by atoms with E-state index in [1.165, 1.54) is 0 Å². The van der Waals surface area contributed by atoms with Crippen molar-refractivity contribution < 1.29 is 4.79 Å². The number of amides is 1. The highest BCUT2D eigenvalue weighted by atomic mass is 16.1. The van der Waals surface area contributed by atoms with Crippen molar-refractivity contribution in [1.29, 1.82) is 0 Å². The number of piperidine rings is 1. The normalized spacial score (nSPS) is 31.5. The largest absolute Gasteiger partial charge is 0.352 e. The number of hydrogen-bond donors (Lipinski definition) is 2. The molecule has 3 nitrogen and oxygen atoms in total. The average molecular weight is 156 g/mol. The number of rotatable bonds is 1. The zero-order chi connectivity index (χ0) is 8.27. The van der Waals surface area contributed by atoms with E-state index in [0.29, 0.717) is 12.0 Å². The molecule has 1 rings (SSSR count). The molecule has 1 amide bonds. The highest BCUT2D eigenvalue weighted by Gasteiger charge is 2.18. The summed E-state index contributed by atoms with van der Waals surface area (Å²) in [5, 5.41) is 6.19. The van der Waals surface area contributed by atoms with E-state index in [1.54, 1.807) is 6.92 Å². The van der Waals surface area contributed by atoms with Crippen LogP contribution in [-0.4, -0.2) is 25.0 Å². The summed E-state index contributed by atoms with van der Waals surface area (Å²) in [6, 6.07) is 0.344. The van der Waals surface area contributed by atoms with Crippen LogP contribution in [-0.2, 0) is 4.79 Å². The summed E-state index contributed by atoms with van der Waals surface area (Å²) in [4.78, 5) is 10.7. The molecule has 2 N–H and O–H groups in total. The minimum Gasteiger partial charge on any atom is -0.352 e. The minimum atomic E-state index is 0.0749. The van der Waals surface area contributed by atoms with Gasteiger partial charge in [0.1, 0.15) is 0 Å². The van der Waals surface area contributed by atoms with Crippen molar-refractivity contribution in [2.75, 3.05) is 13.1 Å². The predicted molar refractivity (Wildman–Crippen MR) is 44.3 cm³/mol. The molecule has 0 spiro atoms. The molecule has 1 saturated heterocycles. The summed E-state index contributed by atoms with van der Waals surface area (Å²) in [5.74, 6) is 0.756. The molecule has 1 aliphatic heterocycles. The van der Waals surface area contributed by atoms with E-state index in [2.05, 4.69) is 17.6 Å². The van der Waals surface area contributed by atoms with Gasteiger partial charge in [-0.2, -0.15) is 0 Å². The molecule has 64 valence electrons. The Morgan fingerprint density at radius 3 is 2.82 bits per heavy atom. The van der Waals surface area contributed by atoms with E-state index in [0.717, 1.165) is 19.5 Å². The first-order valence-corrected chi connectivity index (χ1v) is 4.16. The molecule has 2 unspecified atom stereocenters. The lowest BCUT2D eigenvalue weighted by Crippen LogP contribution is -2.47. The second kappa shape index (κ2) is 3.72.